The Hall–Kier alpha value is -0.863. The molecule has 0 aromatic heterocycles. The molecule has 1 saturated heterocycles. The summed E-state index contributed by atoms with van der Waals surface area (Å²) in [5, 5.41) is 0. The van der Waals surface area contributed by atoms with Gasteiger partial charge in [-0.25, -0.2) is 0 Å². The Labute approximate surface area is 132 Å². The molecule has 2 heteroatoms. The molecular weight excluding hydrogens is 270 g/mol. The fourth-order valence-electron chi connectivity index (χ4n) is 3.16. The van der Waals surface area contributed by atoms with Gasteiger partial charge in [0.05, 0.1) is 8.07 Å². The topological polar surface area (TPSA) is 3.24 Å². The lowest BCUT2D eigenvalue weighted by Crippen LogP contribution is -2.32. The highest BCUT2D eigenvalue weighted by molar-refractivity contribution is 6.81. The third-order valence-corrected chi connectivity index (χ3v) is 5.36. The minimum absolute atomic E-state index is 1.13. The lowest BCUT2D eigenvalue weighted by Gasteiger charge is -2.28. The first-order chi connectivity index (χ1) is 10.0. The zero-order chi connectivity index (χ0) is 15.1. The van der Waals surface area contributed by atoms with Gasteiger partial charge in [0, 0.05) is 6.54 Å². The zero-order valence-corrected chi connectivity index (χ0v) is 15.1. The number of likely N-dealkylation sites (tertiary alicyclic amines) is 1. The molecule has 1 aromatic rings. The van der Waals surface area contributed by atoms with Crippen molar-refractivity contribution in [3.63, 3.8) is 0 Å². The number of rotatable bonds is 6. The Balaban J connectivity index is 1.96. The Morgan fingerprint density at radius 2 is 1.71 bits per heavy atom. The van der Waals surface area contributed by atoms with Crippen molar-refractivity contribution in [1.82, 2.24) is 4.90 Å². The van der Waals surface area contributed by atoms with E-state index in [1.165, 1.54) is 57.3 Å². The predicted octanol–water partition coefficient (Wildman–Crippen LogP) is 4.91. The number of aryl methyl sites for hydroxylation is 1. The average molecular weight is 302 g/mol. The van der Waals surface area contributed by atoms with Crippen LogP contribution in [0, 0.1) is 0 Å². The summed E-state index contributed by atoms with van der Waals surface area (Å²) in [4.78, 5) is 2.67. The maximum atomic E-state index is 2.67. The molecule has 116 valence electrons. The van der Waals surface area contributed by atoms with E-state index in [1.54, 1.807) is 5.57 Å². The van der Waals surface area contributed by atoms with Crippen LogP contribution in [0.15, 0.2) is 41.6 Å². The van der Waals surface area contributed by atoms with Crippen molar-refractivity contribution in [2.24, 2.45) is 0 Å². The summed E-state index contributed by atoms with van der Waals surface area (Å²) in [6.45, 7) is 11.2. The van der Waals surface area contributed by atoms with Crippen LogP contribution < -0.4 is 0 Å². The van der Waals surface area contributed by atoms with Crippen LogP contribution in [-0.4, -0.2) is 32.6 Å². The molecule has 2 rings (SSSR count). The van der Waals surface area contributed by atoms with Gasteiger partial charge in [0.15, 0.2) is 0 Å². The van der Waals surface area contributed by atoms with Gasteiger partial charge >= 0.3 is 0 Å². The fourth-order valence-corrected chi connectivity index (χ4v) is 4.62. The number of piperidine rings is 1. The van der Waals surface area contributed by atoms with Crippen molar-refractivity contribution >= 4 is 8.07 Å². The van der Waals surface area contributed by atoms with Crippen LogP contribution in [0.2, 0.25) is 19.6 Å². The van der Waals surface area contributed by atoms with E-state index in [0.717, 1.165) is 0 Å². The van der Waals surface area contributed by atoms with Crippen LogP contribution in [0.5, 0.6) is 0 Å². The third-order valence-electron chi connectivity index (χ3n) is 4.09. The minimum atomic E-state index is -1.13. The largest absolute Gasteiger partial charge is 0.299 e. The van der Waals surface area contributed by atoms with Gasteiger partial charge in [-0.1, -0.05) is 67.7 Å². The van der Waals surface area contributed by atoms with Crippen LogP contribution in [0.1, 0.15) is 31.2 Å². The summed E-state index contributed by atoms with van der Waals surface area (Å²) in [6.07, 6.45) is 6.61. The Kier molecular flexibility index (Phi) is 6.25. The average Bonchev–Trinajstić information content (AvgIpc) is 2.45. The highest BCUT2D eigenvalue weighted by Gasteiger charge is 2.15. The van der Waals surface area contributed by atoms with E-state index in [9.17, 15) is 0 Å². The van der Waals surface area contributed by atoms with E-state index < -0.39 is 8.07 Å². The fraction of sp³-hybridized carbons (Fsp3) is 0.579. The molecule has 0 atom stereocenters. The summed E-state index contributed by atoms with van der Waals surface area (Å²) in [7, 11) is -1.13. The first kappa shape index (κ1) is 16.5. The third kappa shape index (κ3) is 6.62. The van der Waals surface area contributed by atoms with Gasteiger partial charge in [0.25, 0.3) is 0 Å². The number of benzene rings is 1. The molecule has 1 nitrogen and oxygen atoms in total. The maximum absolute atomic E-state index is 2.67. The summed E-state index contributed by atoms with van der Waals surface area (Å²) >= 11 is 0. The molecule has 0 bridgehead atoms. The molecule has 1 aliphatic rings. The molecule has 0 saturated carbocycles. The van der Waals surface area contributed by atoms with Gasteiger partial charge in [0.2, 0.25) is 0 Å². The van der Waals surface area contributed by atoms with E-state index in [4.69, 9.17) is 0 Å². The van der Waals surface area contributed by atoms with Crippen LogP contribution in [0.25, 0.3) is 0 Å². The highest BCUT2D eigenvalue weighted by Crippen LogP contribution is 2.17. The second-order valence-corrected chi connectivity index (χ2v) is 12.5. The molecule has 1 aromatic carbocycles. The molecule has 0 N–H and O–H groups in total. The van der Waals surface area contributed by atoms with Gasteiger partial charge < -0.3 is 0 Å². The first-order valence-corrected chi connectivity index (χ1v) is 12.1. The van der Waals surface area contributed by atoms with Crippen LogP contribution in [0.4, 0.5) is 0 Å². The van der Waals surface area contributed by atoms with E-state index in [2.05, 4.69) is 60.6 Å². The maximum Gasteiger partial charge on any atom is 0.0687 e. The number of nitrogens with zero attached hydrogens (tertiary/aromatic N) is 1. The predicted molar refractivity (Wildman–Crippen MR) is 96.5 cm³/mol. The second-order valence-electron chi connectivity index (χ2n) is 7.49. The SMILES string of the molecule is C[Si](C)(C)/C=C(/CCc1ccccc1)CN1CCCCC1. The summed E-state index contributed by atoms with van der Waals surface area (Å²) in [5.74, 6) is 0. The molecule has 0 amide bonds. The standard InChI is InChI=1S/C19H31NSi/c1-21(2,3)17-19(16-20-14-8-5-9-15-20)13-12-18-10-6-4-7-11-18/h4,6-7,10-11,17H,5,8-9,12-16H2,1-3H3/b19-17-. The van der Waals surface area contributed by atoms with Crippen molar-refractivity contribution in [1.29, 1.82) is 0 Å². The molecule has 1 heterocycles. The zero-order valence-electron chi connectivity index (χ0n) is 14.1. The Morgan fingerprint density at radius 3 is 2.33 bits per heavy atom. The molecule has 21 heavy (non-hydrogen) atoms. The molecule has 0 unspecified atom stereocenters. The lowest BCUT2D eigenvalue weighted by molar-refractivity contribution is 0.245. The summed E-state index contributed by atoms with van der Waals surface area (Å²) in [6, 6.07) is 10.9. The van der Waals surface area contributed by atoms with E-state index >= 15 is 0 Å². The smallest absolute Gasteiger partial charge is 0.0687 e. The summed E-state index contributed by atoms with van der Waals surface area (Å²) < 4.78 is 0. The molecular formula is C19H31NSi. The monoisotopic (exact) mass is 301 g/mol. The Bertz CT molecular complexity index is 438. The van der Waals surface area contributed by atoms with Crippen molar-refractivity contribution < 1.29 is 0 Å². The van der Waals surface area contributed by atoms with Crippen molar-refractivity contribution in [3.8, 4) is 0 Å². The van der Waals surface area contributed by atoms with Crippen molar-refractivity contribution in [2.45, 2.75) is 51.7 Å². The van der Waals surface area contributed by atoms with Crippen LogP contribution in [-0.2, 0) is 6.42 Å². The van der Waals surface area contributed by atoms with Gasteiger partial charge in [-0.2, -0.15) is 0 Å². The highest BCUT2D eigenvalue weighted by atomic mass is 28.3. The van der Waals surface area contributed by atoms with E-state index in [-0.39, 0.29) is 0 Å². The normalized spacial score (nSPS) is 18.0. The van der Waals surface area contributed by atoms with Crippen molar-refractivity contribution in [2.75, 3.05) is 19.6 Å². The van der Waals surface area contributed by atoms with E-state index in [1.807, 2.05) is 0 Å². The quantitative estimate of drug-likeness (QED) is 0.675. The van der Waals surface area contributed by atoms with Crippen LogP contribution in [0.3, 0.4) is 0 Å². The van der Waals surface area contributed by atoms with Gasteiger partial charge in [0.1, 0.15) is 0 Å². The minimum Gasteiger partial charge on any atom is -0.299 e. The van der Waals surface area contributed by atoms with Gasteiger partial charge in [-0.15, -0.1) is 0 Å². The van der Waals surface area contributed by atoms with Gasteiger partial charge in [-0.3, -0.25) is 4.90 Å². The van der Waals surface area contributed by atoms with E-state index in [0.29, 0.717) is 0 Å². The van der Waals surface area contributed by atoms with Crippen LogP contribution >= 0.6 is 0 Å². The molecule has 1 aliphatic heterocycles. The number of hydrogen-bond acceptors (Lipinski definition) is 1. The second kappa shape index (κ2) is 7.95. The molecule has 1 fully saturated rings. The van der Waals surface area contributed by atoms with Gasteiger partial charge in [-0.05, 0) is 44.3 Å². The first-order valence-electron chi connectivity index (χ1n) is 8.50. The lowest BCUT2D eigenvalue weighted by atomic mass is 10.0. The molecule has 0 aliphatic carbocycles. The molecule has 0 radical (unpaired) electrons. The van der Waals surface area contributed by atoms with Crippen molar-refractivity contribution in [3.05, 3.63) is 47.2 Å². The Morgan fingerprint density at radius 1 is 1.05 bits per heavy atom. The number of hydrogen-bond donors (Lipinski definition) is 0. The molecule has 0 spiro atoms. The summed E-state index contributed by atoms with van der Waals surface area (Å²) in [5.41, 5.74) is 5.79.